The molecule has 0 saturated carbocycles. The number of fused-ring (bicyclic) bond motifs is 1. The highest BCUT2D eigenvalue weighted by atomic mass is 35.5. The second kappa shape index (κ2) is 9.67. The Bertz CT molecular complexity index is 1410. The van der Waals surface area contributed by atoms with Crippen molar-refractivity contribution < 1.29 is 9.84 Å². The van der Waals surface area contributed by atoms with Gasteiger partial charge in [0.15, 0.2) is 11.5 Å². The summed E-state index contributed by atoms with van der Waals surface area (Å²) in [7, 11) is 0. The minimum atomic E-state index is -0.00603. The van der Waals surface area contributed by atoms with Crippen molar-refractivity contribution in [2.45, 2.75) is 23.0 Å². The maximum absolute atomic E-state index is 9.65. The van der Waals surface area contributed by atoms with E-state index in [4.69, 9.17) is 16.3 Å². The first-order valence-electron chi connectivity index (χ1n) is 10.4. The highest BCUT2D eigenvalue weighted by Gasteiger charge is 2.15. The van der Waals surface area contributed by atoms with Gasteiger partial charge in [-0.15, -0.1) is 10.2 Å². The van der Waals surface area contributed by atoms with Crippen molar-refractivity contribution in [3.8, 4) is 17.1 Å². The molecule has 0 bridgehead atoms. The summed E-state index contributed by atoms with van der Waals surface area (Å²) in [5.74, 6) is 1.33. The molecule has 0 fully saturated rings. The van der Waals surface area contributed by atoms with Crippen LogP contribution in [-0.4, -0.2) is 19.7 Å². The zero-order valence-corrected chi connectivity index (χ0v) is 19.1. The Labute approximate surface area is 200 Å². The number of pyridine rings is 1. The summed E-state index contributed by atoms with van der Waals surface area (Å²) in [5.41, 5.74) is 3.45. The van der Waals surface area contributed by atoms with Gasteiger partial charge in [-0.25, -0.2) is 0 Å². The van der Waals surface area contributed by atoms with E-state index in [1.165, 1.54) is 0 Å². The van der Waals surface area contributed by atoms with Crippen LogP contribution in [0.1, 0.15) is 11.1 Å². The Morgan fingerprint density at radius 2 is 1.73 bits per heavy atom. The molecular weight excluding hydrogens is 454 g/mol. The Morgan fingerprint density at radius 3 is 2.58 bits per heavy atom. The Hall–Kier alpha value is -3.32. The van der Waals surface area contributed by atoms with E-state index in [2.05, 4.69) is 10.2 Å². The molecule has 0 aliphatic rings. The molecule has 0 radical (unpaired) electrons. The molecule has 0 atom stereocenters. The van der Waals surface area contributed by atoms with Crippen molar-refractivity contribution in [3.05, 3.63) is 107 Å². The molecule has 0 amide bonds. The van der Waals surface area contributed by atoms with Crippen LogP contribution in [0.25, 0.3) is 17.0 Å². The first-order valence-corrected chi connectivity index (χ1v) is 11.6. The van der Waals surface area contributed by atoms with Crippen LogP contribution in [0.15, 0.2) is 101 Å². The van der Waals surface area contributed by atoms with Gasteiger partial charge in [0.05, 0.1) is 12.2 Å². The quantitative estimate of drug-likeness (QED) is 0.302. The molecule has 33 heavy (non-hydrogen) atoms. The third kappa shape index (κ3) is 4.73. The lowest BCUT2D eigenvalue weighted by atomic mass is 10.2. The summed E-state index contributed by atoms with van der Waals surface area (Å²) in [5, 5.41) is 19.0. The van der Waals surface area contributed by atoms with Crippen LogP contribution < -0.4 is 4.74 Å². The Kier molecular flexibility index (Phi) is 6.30. The minimum Gasteiger partial charge on any atom is -0.488 e. The summed E-state index contributed by atoms with van der Waals surface area (Å²) in [4.78, 5) is 2.00. The van der Waals surface area contributed by atoms with Crippen LogP contribution in [-0.2, 0) is 13.2 Å². The molecule has 0 aliphatic carbocycles. The number of aliphatic hydroxyl groups is 1. The van der Waals surface area contributed by atoms with Crippen LogP contribution in [0, 0.1) is 0 Å². The standard InChI is InChI=1S/C26H20ClN3O2S/c27-20-10-12-23(32-17-18-6-2-1-3-7-18)22(14-20)26-29-28-25-13-11-21(15-30(25)26)33-24-9-5-4-8-19(24)16-31/h1-15,31H,16-17H2. The van der Waals surface area contributed by atoms with Crippen LogP contribution in [0.5, 0.6) is 5.75 Å². The van der Waals surface area contributed by atoms with Crippen LogP contribution in [0.2, 0.25) is 5.02 Å². The lowest BCUT2D eigenvalue weighted by Crippen LogP contribution is -1.99. The van der Waals surface area contributed by atoms with Gasteiger partial charge in [0.25, 0.3) is 0 Å². The van der Waals surface area contributed by atoms with E-state index in [9.17, 15) is 5.11 Å². The van der Waals surface area contributed by atoms with E-state index in [-0.39, 0.29) is 6.61 Å². The third-order valence-corrected chi connectivity index (χ3v) is 6.50. The van der Waals surface area contributed by atoms with Crippen molar-refractivity contribution in [2.24, 2.45) is 0 Å². The van der Waals surface area contributed by atoms with E-state index in [1.54, 1.807) is 11.8 Å². The van der Waals surface area contributed by atoms with Gasteiger partial charge in [0, 0.05) is 21.0 Å². The van der Waals surface area contributed by atoms with Gasteiger partial charge in [-0.1, -0.05) is 71.9 Å². The van der Waals surface area contributed by atoms with Gasteiger partial charge in [-0.2, -0.15) is 0 Å². The molecule has 1 N–H and O–H groups in total. The van der Waals surface area contributed by atoms with Crippen molar-refractivity contribution in [1.82, 2.24) is 14.6 Å². The maximum atomic E-state index is 9.65. The molecule has 2 aromatic heterocycles. The lowest BCUT2D eigenvalue weighted by molar-refractivity contribution is 0.279. The molecule has 5 aromatic rings. The summed E-state index contributed by atoms with van der Waals surface area (Å²) in [6.07, 6.45) is 1.99. The number of aromatic nitrogens is 3. The molecule has 7 heteroatoms. The van der Waals surface area contributed by atoms with E-state index in [1.807, 2.05) is 95.5 Å². The van der Waals surface area contributed by atoms with E-state index in [0.717, 1.165) is 32.1 Å². The summed E-state index contributed by atoms with van der Waals surface area (Å²) in [6.45, 7) is 0.430. The van der Waals surface area contributed by atoms with Crippen LogP contribution >= 0.6 is 23.4 Å². The second-order valence-electron chi connectivity index (χ2n) is 7.40. The molecule has 3 aromatic carbocycles. The molecule has 0 saturated heterocycles. The van der Waals surface area contributed by atoms with Gasteiger partial charge < -0.3 is 9.84 Å². The molecule has 164 valence electrons. The normalized spacial score (nSPS) is 11.1. The Morgan fingerprint density at radius 1 is 0.909 bits per heavy atom. The van der Waals surface area contributed by atoms with Crippen molar-refractivity contribution >= 4 is 29.0 Å². The van der Waals surface area contributed by atoms with E-state index < -0.39 is 0 Å². The first-order chi connectivity index (χ1) is 16.2. The highest BCUT2D eigenvalue weighted by Crippen LogP contribution is 2.35. The number of halogens is 1. The zero-order chi connectivity index (χ0) is 22.6. The largest absolute Gasteiger partial charge is 0.488 e. The number of aliphatic hydroxyl groups excluding tert-OH is 1. The van der Waals surface area contributed by atoms with Gasteiger partial charge in [0.1, 0.15) is 12.4 Å². The zero-order valence-electron chi connectivity index (χ0n) is 17.6. The van der Waals surface area contributed by atoms with Gasteiger partial charge in [0.2, 0.25) is 0 Å². The van der Waals surface area contributed by atoms with Crippen molar-refractivity contribution in [1.29, 1.82) is 0 Å². The molecule has 2 heterocycles. The second-order valence-corrected chi connectivity index (χ2v) is 8.95. The topological polar surface area (TPSA) is 59.7 Å². The molecule has 0 unspecified atom stereocenters. The van der Waals surface area contributed by atoms with E-state index in [0.29, 0.717) is 23.2 Å². The fourth-order valence-corrected chi connectivity index (χ4v) is 4.64. The third-order valence-electron chi connectivity index (χ3n) is 5.17. The number of rotatable bonds is 7. The van der Waals surface area contributed by atoms with Gasteiger partial charge >= 0.3 is 0 Å². The number of hydrogen-bond donors (Lipinski definition) is 1. The average Bonchev–Trinajstić information content (AvgIpc) is 3.27. The lowest BCUT2D eigenvalue weighted by Gasteiger charge is -2.12. The van der Waals surface area contributed by atoms with Gasteiger partial charge in [-0.3, -0.25) is 4.40 Å². The van der Waals surface area contributed by atoms with Crippen molar-refractivity contribution in [3.63, 3.8) is 0 Å². The number of benzene rings is 3. The average molecular weight is 474 g/mol. The predicted octanol–water partition coefficient (Wildman–Crippen LogP) is 6.27. The van der Waals surface area contributed by atoms with Crippen LogP contribution in [0.3, 0.4) is 0 Å². The summed E-state index contributed by atoms with van der Waals surface area (Å²) < 4.78 is 8.07. The molecule has 0 aliphatic heterocycles. The minimum absolute atomic E-state index is 0.00603. The molecule has 5 nitrogen and oxygen atoms in total. The number of ether oxygens (including phenoxy) is 1. The summed E-state index contributed by atoms with van der Waals surface area (Å²) in [6, 6.07) is 27.3. The van der Waals surface area contributed by atoms with Gasteiger partial charge in [-0.05, 0) is 47.5 Å². The number of hydrogen-bond acceptors (Lipinski definition) is 5. The van der Waals surface area contributed by atoms with E-state index >= 15 is 0 Å². The van der Waals surface area contributed by atoms with Crippen molar-refractivity contribution in [2.75, 3.05) is 0 Å². The highest BCUT2D eigenvalue weighted by molar-refractivity contribution is 7.99. The predicted molar refractivity (Wildman–Crippen MR) is 131 cm³/mol. The SMILES string of the molecule is OCc1ccccc1Sc1ccc2nnc(-c3cc(Cl)ccc3OCc3ccccc3)n2c1. The summed E-state index contributed by atoms with van der Waals surface area (Å²) >= 11 is 7.92. The monoisotopic (exact) mass is 473 g/mol. The molecular formula is C26H20ClN3O2S. The smallest absolute Gasteiger partial charge is 0.172 e. The maximum Gasteiger partial charge on any atom is 0.172 e. The fourth-order valence-electron chi connectivity index (χ4n) is 3.51. The fraction of sp³-hybridized carbons (Fsp3) is 0.0769. The molecule has 5 rings (SSSR count). The van der Waals surface area contributed by atoms with Crippen LogP contribution in [0.4, 0.5) is 0 Å². The number of nitrogens with zero attached hydrogens (tertiary/aromatic N) is 3. The first kappa shape index (κ1) is 21.5. The molecule has 0 spiro atoms. The Balaban J connectivity index is 1.51.